The number of hydrogen-bond donors (Lipinski definition) is 1. The molecule has 0 bridgehead atoms. The number of nitrogens with zero attached hydrogens (tertiary/aromatic N) is 3. The van der Waals surface area contributed by atoms with Gasteiger partial charge in [0.15, 0.2) is 0 Å². The van der Waals surface area contributed by atoms with Gasteiger partial charge in [0, 0.05) is 56.0 Å². The number of rotatable bonds is 8. The van der Waals surface area contributed by atoms with E-state index >= 15 is 0 Å². The fraction of sp³-hybridized carbons (Fsp3) is 0.542. The Kier molecular flexibility index (Phi) is 8.18. The number of piperidine rings is 1. The molecule has 2 aromatic rings. The van der Waals surface area contributed by atoms with Crippen LogP contribution in [0.1, 0.15) is 31.4 Å². The fourth-order valence-corrected chi connectivity index (χ4v) is 5.62. The highest BCUT2D eigenvalue weighted by molar-refractivity contribution is 7.88. The summed E-state index contributed by atoms with van der Waals surface area (Å²) >= 11 is 6.44. The molecule has 0 radical (unpaired) electrons. The number of carbonyl (C=O) groups is 1. The van der Waals surface area contributed by atoms with Crippen LogP contribution in [0.25, 0.3) is 11.3 Å². The first-order valence-electron chi connectivity index (χ1n) is 11.7. The summed E-state index contributed by atoms with van der Waals surface area (Å²) in [7, 11) is -3.30. The average molecular weight is 507 g/mol. The van der Waals surface area contributed by atoms with Crippen molar-refractivity contribution in [1.29, 1.82) is 0 Å². The van der Waals surface area contributed by atoms with E-state index in [0.29, 0.717) is 47.3 Å². The molecule has 2 saturated heterocycles. The minimum Gasteiger partial charge on any atom is -0.381 e. The maximum Gasteiger partial charge on any atom is 0.211 e. The first kappa shape index (κ1) is 25.0. The van der Waals surface area contributed by atoms with Gasteiger partial charge in [0.05, 0.1) is 23.6 Å². The average Bonchev–Trinajstić information content (AvgIpc) is 2.84. The molecule has 1 N–H and O–H groups in total. The van der Waals surface area contributed by atoms with E-state index < -0.39 is 10.0 Å². The highest BCUT2D eigenvalue weighted by Gasteiger charge is 2.30. The van der Waals surface area contributed by atoms with E-state index in [2.05, 4.69) is 10.3 Å². The zero-order valence-corrected chi connectivity index (χ0v) is 20.9. The molecule has 2 aliphatic rings. The number of nitrogens with one attached hydrogen (secondary N) is 1. The summed E-state index contributed by atoms with van der Waals surface area (Å²) in [5.41, 5.74) is 2.01. The highest BCUT2D eigenvalue weighted by Crippen LogP contribution is 2.28. The first-order valence-corrected chi connectivity index (χ1v) is 13.9. The van der Waals surface area contributed by atoms with E-state index in [9.17, 15) is 13.2 Å². The maximum atomic E-state index is 12.9. The van der Waals surface area contributed by atoms with Crippen LogP contribution in [0.15, 0.2) is 30.5 Å². The largest absolute Gasteiger partial charge is 0.381 e. The zero-order chi connectivity index (χ0) is 24.1. The summed E-state index contributed by atoms with van der Waals surface area (Å²) in [6, 6.07) is 7.53. The normalized spacial score (nSPS) is 21.8. The predicted octanol–water partition coefficient (Wildman–Crippen LogP) is 3.42. The number of pyridine rings is 2. The van der Waals surface area contributed by atoms with Crippen molar-refractivity contribution in [2.24, 2.45) is 11.8 Å². The van der Waals surface area contributed by atoms with Crippen molar-refractivity contribution in [2.75, 3.05) is 44.4 Å². The van der Waals surface area contributed by atoms with Crippen LogP contribution in [0.2, 0.25) is 5.02 Å². The second-order valence-electron chi connectivity index (χ2n) is 9.13. The van der Waals surface area contributed by atoms with Crippen LogP contribution in [0, 0.1) is 11.8 Å². The Labute approximate surface area is 206 Å². The Morgan fingerprint density at radius 1 is 1.29 bits per heavy atom. The van der Waals surface area contributed by atoms with Crippen LogP contribution in [0.5, 0.6) is 0 Å². The summed E-state index contributed by atoms with van der Waals surface area (Å²) in [4.78, 5) is 22.0. The molecule has 2 fully saturated rings. The minimum atomic E-state index is -3.30. The molecule has 184 valence electrons. The first-order chi connectivity index (χ1) is 16.3. The molecule has 2 atom stereocenters. The third-order valence-electron chi connectivity index (χ3n) is 6.43. The molecule has 34 heavy (non-hydrogen) atoms. The summed E-state index contributed by atoms with van der Waals surface area (Å²) in [6.45, 7) is 3.11. The van der Waals surface area contributed by atoms with Gasteiger partial charge in [0.2, 0.25) is 10.0 Å². The van der Waals surface area contributed by atoms with Gasteiger partial charge in [-0.05, 0) is 49.8 Å². The lowest BCUT2D eigenvalue weighted by Crippen LogP contribution is -2.42. The number of carbonyl (C=O) groups excluding carboxylic acids is 1. The Morgan fingerprint density at radius 3 is 2.91 bits per heavy atom. The molecule has 10 heteroatoms. The number of halogens is 1. The van der Waals surface area contributed by atoms with E-state index in [1.165, 1.54) is 10.6 Å². The van der Waals surface area contributed by atoms with Gasteiger partial charge in [0.1, 0.15) is 11.6 Å². The third-order valence-corrected chi connectivity index (χ3v) is 8.00. The molecule has 0 amide bonds. The Hall–Kier alpha value is -2.07. The number of anilines is 1. The molecule has 0 aliphatic carbocycles. The van der Waals surface area contributed by atoms with E-state index in [1.54, 1.807) is 12.3 Å². The summed E-state index contributed by atoms with van der Waals surface area (Å²) in [5, 5.41) is 3.85. The number of Topliss-reactive ketones (excluding diaryl/α,β-unsaturated/α-hetero) is 1. The smallest absolute Gasteiger partial charge is 0.211 e. The van der Waals surface area contributed by atoms with Gasteiger partial charge in [0.25, 0.3) is 0 Å². The van der Waals surface area contributed by atoms with Gasteiger partial charge < -0.3 is 10.1 Å². The molecule has 0 aromatic carbocycles. The quantitative estimate of drug-likeness (QED) is 0.585. The summed E-state index contributed by atoms with van der Waals surface area (Å²) in [5.74, 6) is 0.905. The molecular formula is C24H31ClN4O4S. The van der Waals surface area contributed by atoms with Crippen molar-refractivity contribution < 1.29 is 17.9 Å². The number of ether oxygens (including phenoxy) is 1. The number of ketones is 1. The molecule has 0 spiro atoms. The number of sulfonamides is 1. The Bertz CT molecular complexity index is 1120. The van der Waals surface area contributed by atoms with Crippen molar-refractivity contribution in [3.63, 3.8) is 0 Å². The van der Waals surface area contributed by atoms with Gasteiger partial charge >= 0.3 is 0 Å². The molecule has 8 nitrogen and oxygen atoms in total. The standard InChI is InChI=1S/C24H31ClN4O4S/c1-34(31,32)29-9-3-6-18(15-29)23(30)12-19-11-20(21(25)14-26-19)22-7-2-8-24(28-22)27-13-17-5-4-10-33-16-17/h2,7-8,11,14,17-18H,3-6,9-10,12-13,15-16H2,1H3,(H,27,28)/t17?,18-/m0/s1. The zero-order valence-electron chi connectivity index (χ0n) is 19.4. The molecule has 4 rings (SSSR count). The van der Waals surface area contributed by atoms with Gasteiger partial charge in [-0.2, -0.15) is 0 Å². The Balaban J connectivity index is 1.44. The van der Waals surface area contributed by atoms with Gasteiger partial charge in [-0.3, -0.25) is 9.78 Å². The Morgan fingerprint density at radius 2 is 2.15 bits per heavy atom. The van der Waals surface area contributed by atoms with Crippen molar-refractivity contribution in [2.45, 2.75) is 32.1 Å². The lowest BCUT2D eigenvalue weighted by Gasteiger charge is -2.30. The summed E-state index contributed by atoms with van der Waals surface area (Å²) < 4.78 is 30.7. The molecule has 0 saturated carbocycles. The van der Waals surface area contributed by atoms with Crippen LogP contribution < -0.4 is 5.32 Å². The van der Waals surface area contributed by atoms with Gasteiger partial charge in [-0.25, -0.2) is 17.7 Å². The van der Waals surface area contributed by atoms with E-state index in [1.807, 2.05) is 18.2 Å². The van der Waals surface area contributed by atoms with Crippen LogP contribution in [-0.2, 0) is 26.0 Å². The van der Waals surface area contributed by atoms with Crippen molar-refractivity contribution in [1.82, 2.24) is 14.3 Å². The summed E-state index contributed by atoms with van der Waals surface area (Å²) in [6.07, 6.45) is 6.46. The fourth-order valence-electron chi connectivity index (χ4n) is 4.50. The minimum absolute atomic E-state index is 0.00722. The van der Waals surface area contributed by atoms with Gasteiger partial charge in [-0.1, -0.05) is 17.7 Å². The number of aromatic nitrogens is 2. The third kappa shape index (κ3) is 6.53. The van der Waals surface area contributed by atoms with Crippen molar-refractivity contribution in [3.8, 4) is 11.3 Å². The van der Waals surface area contributed by atoms with Gasteiger partial charge in [-0.15, -0.1) is 0 Å². The van der Waals surface area contributed by atoms with E-state index in [-0.39, 0.29) is 24.7 Å². The topological polar surface area (TPSA) is 101 Å². The van der Waals surface area contributed by atoms with Crippen molar-refractivity contribution in [3.05, 3.63) is 41.2 Å². The molecule has 4 heterocycles. The van der Waals surface area contributed by atoms with Crippen LogP contribution in [0.3, 0.4) is 0 Å². The van der Waals surface area contributed by atoms with Crippen LogP contribution in [0.4, 0.5) is 5.82 Å². The van der Waals surface area contributed by atoms with Crippen LogP contribution >= 0.6 is 11.6 Å². The van der Waals surface area contributed by atoms with Crippen molar-refractivity contribution >= 4 is 33.2 Å². The number of hydrogen-bond acceptors (Lipinski definition) is 7. The highest BCUT2D eigenvalue weighted by atomic mass is 35.5. The second-order valence-corrected chi connectivity index (χ2v) is 11.5. The maximum absolute atomic E-state index is 12.9. The lowest BCUT2D eigenvalue weighted by atomic mass is 9.92. The second kappa shape index (κ2) is 11.1. The molecular weight excluding hydrogens is 476 g/mol. The monoisotopic (exact) mass is 506 g/mol. The molecule has 2 aromatic heterocycles. The van der Waals surface area contributed by atoms with E-state index in [4.69, 9.17) is 21.3 Å². The van der Waals surface area contributed by atoms with E-state index in [0.717, 1.165) is 38.4 Å². The lowest BCUT2D eigenvalue weighted by molar-refractivity contribution is -0.123. The predicted molar refractivity (Wildman–Crippen MR) is 132 cm³/mol. The SMILES string of the molecule is CS(=O)(=O)N1CCC[C@H](C(=O)Cc2cc(-c3cccc(NCC4CCCOC4)n3)c(Cl)cn2)C1. The molecule has 1 unspecified atom stereocenters. The van der Waals surface area contributed by atoms with Crippen LogP contribution in [-0.4, -0.2) is 67.6 Å². The molecule has 2 aliphatic heterocycles.